The Morgan fingerprint density at radius 3 is 1.94 bits per heavy atom. The molecular weight excluding hydrogens is 410 g/mol. The summed E-state index contributed by atoms with van der Waals surface area (Å²) in [7, 11) is 3.01. The van der Waals surface area contributed by atoms with Crippen molar-refractivity contribution in [3.63, 3.8) is 0 Å². The van der Waals surface area contributed by atoms with Gasteiger partial charge < -0.3 is 24.6 Å². The summed E-state index contributed by atoms with van der Waals surface area (Å²) in [4.78, 5) is 26.0. The summed E-state index contributed by atoms with van der Waals surface area (Å²) in [6, 6.07) is 15.7. The van der Waals surface area contributed by atoms with Gasteiger partial charge in [0.25, 0.3) is 0 Å². The number of hydrogen-bond donors (Lipinski definition) is 2. The molecule has 4 atom stereocenters. The van der Waals surface area contributed by atoms with Crippen LogP contribution in [0.5, 0.6) is 0 Å². The van der Waals surface area contributed by atoms with Crippen molar-refractivity contribution in [2.24, 2.45) is 11.8 Å². The molecule has 32 heavy (non-hydrogen) atoms. The van der Waals surface area contributed by atoms with Gasteiger partial charge in [0, 0.05) is 26.1 Å². The van der Waals surface area contributed by atoms with Crippen molar-refractivity contribution in [3.8, 4) is 0 Å². The molecular formula is C25H25NO6. The van der Waals surface area contributed by atoms with Crippen LogP contribution in [0.25, 0.3) is 0 Å². The zero-order valence-corrected chi connectivity index (χ0v) is 17.9. The number of amides is 1. The average molecular weight is 435 g/mol. The Morgan fingerprint density at radius 2 is 1.50 bits per heavy atom. The highest BCUT2D eigenvalue weighted by Gasteiger charge is 2.55. The quantitative estimate of drug-likeness (QED) is 0.678. The number of nitrogens with one attached hydrogen (secondary N) is 1. The van der Waals surface area contributed by atoms with E-state index < -0.39 is 29.9 Å². The van der Waals surface area contributed by atoms with E-state index in [9.17, 15) is 14.7 Å². The van der Waals surface area contributed by atoms with Gasteiger partial charge in [0.05, 0.1) is 18.4 Å². The fraction of sp³-hybridized carbons (Fsp3) is 0.360. The highest BCUT2D eigenvalue weighted by Crippen LogP contribution is 2.58. The Kier molecular flexibility index (Phi) is 5.12. The van der Waals surface area contributed by atoms with Crippen molar-refractivity contribution in [2.45, 2.75) is 23.9 Å². The largest absolute Gasteiger partial charge is 0.481 e. The summed E-state index contributed by atoms with van der Waals surface area (Å²) >= 11 is 0. The van der Waals surface area contributed by atoms with Crippen molar-refractivity contribution in [3.05, 3.63) is 82.9 Å². The van der Waals surface area contributed by atoms with Crippen LogP contribution in [0.3, 0.4) is 0 Å². The lowest BCUT2D eigenvalue weighted by Gasteiger charge is -2.48. The molecule has 1 heterocycles. The summed E-state index contributed by atoms with van der Waals surface area (Å²) in [5.74, 6) is -4.78. The maximum atomic E-state index is 13.5. The molecule has 6 rings (SSSR count). The SMILES string of the molecule is CO[C@@H]1C=C[C@](CNC(=O)[C@H]2C3c4ccccc4C(c4ccccc43)[C@H]2C(=O)O)(OC)O1. The standard InChI is InChI=1S/C25H25NO6/c1-30-18-11-12-25(31-2,32-18)13-26-23(27)21-19-14-7-3-5-9-16(14)20(22(21)24(28)29)17-10-6-4-8-15(17)19/h3-12,18-22H,13H2,1-2H3,(H,26,27)(H,28,29)/t18-,19?,20?,21-,22+,25-/m0/s1. The van der Waals surface area contributed by atoms with Crippen LogP contribution >= 0.6 is 0 Å². The third-order valence-corrected chi connectivity index (χ3v) is 6.94. The first-order valence-electron chi connectivity index (χ1n) is 10.6. The van der Waals surface area contributed by atoms with E-state index in [0.29, 0.717) is 0 Å². The van der Waals surface area contributed by atoms with Crippen LogP contribution < -0.4 is 5.32 Å². The highest BCUT2D eigenvalue weighted by molar-refractivity contribution is 5.89. The molecule has 0 unspecified atom stereocenters. The molecule has 0 spiro atoms. The summed E-state index contributed by atoms with van der Waals surface area (Å²) in [6.07, 6.45) is 2.85. The van der Waals surface area contributed by atoms with E-state index in [1.54, 1.807) is 12.2 Å². The lowest BCUT2D eigenvalue weighted by atomic mass is 9.54. The van der Waals surface area contributed by atoms with Gasteiger partial charge in [0.1, 0.15) is 0 Å². The van der Waals surface area contributed by atoms with Gasteiger partial charge in [-0.3, -0.25) is 9.59 Å². The maximum absolute atomic E-state index is 13.5. The van der Waals surface area contributed by atoms with Gasteiger partial charge in [0.2, 0.25) is 11.7 Å². The number of carboxylic acid groups (broad SMARTS) is 1. The summed E-state index contributed by atoms with van der Waals surface area (Å²) in [6.45, 7) is 0.0439. The van der Waals surface area contributed by atoms with E-state index in [-0.39, 0.29) is 24.3 Å². The van der Waals surface area contributed by atoms with Gasteiger partial charge in [-0.05, 0) is 34.4 Å². The first kappa shape index (κ1) is 20.9. The molecule has 1 aliphatic heterocycles. The van der Waals surface area contributed by atoms with E-state index in [2.05, 4.69) is 5.32 Å². The van der Waals surface area contributed by atoms with Crippen molar-refractivity contribution in [1.82, 2.24) is 5.32 Å². The van der Waals surface area contributed by atoms with Crippen LogP contribution in [-0.2, 0) is 23.8 Å². The Balaban J connectivity index is 1.50. The molecule has 166 valence electrons. The zero-order valence-electron chi connectivity index (χ0n) is 17.9. The van der Waals surface area contributed by atoms with Crippen LogP contribution in [0.2, 0.25) is 0 Å². The minimum atomic E-state index is -1.15. The first-order valence-corrected chi connectivity index (χ1v) is 10.6. The number of aliphatic carboxylic acids is 1. The molecule has 0 fully saturated rings. The molecule has 2 aromatic carbocycles. The summed E-state index contributed by atoms with van der Waals surface area (Å²) in [5, 5.41) is 13.1. The lowest BCUT2D eigenvalue weighted by molar-refractivity contribution is -0.239. The van der Waals surface area contributed by atoms with Crippen LogP contribution in [0.4, 0.5) is 0 Å². The van der Waals surface area contributed by atoms with E-state index in [0.717, 1.165) is 22.3 Å². The number of ether oxygens (including phenoxy) is 3. The van der Waals surface area contributed by atoms with Gasteiger partial charge in [-0.1, -0.05) is 48.5 Å². The molecule has 4 aliphatic rings. The molecule has 0 saturated heterocycles. The zero-order chi connectivity index (χ0) is 22.5. The number of carboxylic acids is 1. The third-order valence-electron chi connectivity index (χ3n) is 6.94. The van der Waals surface area contributed by atoms with Gasteiger partial charge in [-0.25, -0.2) is 0 Å². The van der Waals surface area contributed by atoms with Gasteiger partial charge >= 0.3 is 5.97 Å². The summed E-state index contributed by atoms with van der Waals surface area (Å²) < 4.78 is 16.4. The minimum absolute atomic E-state index is 0.0439. The van der Waals surface area contributed by atoms with Crippen molar-refractivity contribution >= 4 is 11.9 Å². The van der Waals surface area contributed by atoms with Crippen molar-refractivity contribution in [2.75, 3.05) is 20.8 Å². The number of methoxy groups -OCH3 is 2. The minimum Gasteiger partial charge on any atom is -0.481 e. The molecule has 7 nitrogen and oxygen atoms in total. The first-order chi connectivity index (χ1) is 15.5. The average Bonchev–Trinajstić information content (AvgIpc) is 3.26. The molecule has 0 saturated carbocycles. The Bertz CT molecular complexity index is 1050. The Morgan fingerprint density at radius 1 is 0.969 bits per heavy atom. The third kappa shape index (κ3) is 3.08. The molecule has 1 amide bonds. The number of carbonyl (C=O) groups excluding carboxylic acids is 1. The molecule has 2 N–H and O–H groups in total. The predicted molar refractivity (Wildman–Crippen MR) is 115 cm³/mol. The number of benzene rings is 2. The second-order valence-electron chi connectivity index (χ2n) is 8.42. The van der Waals surface area contributed by atoms with Crippen molar-refractivity contribution < 1.29 is 28.9 Å². The molecule has 2 aromatic rings. The normalized spacial score (nSPS) is 31.8. The number of hydrogen-bond acceptors (Lipinski definition) is 5. The molecule has 0 radical (unpaired) electrons. The molecule has 2 bridgehead atoms. The van der Waals surface area contributed by atoms with Crippen molar-refractivity contribution in [1.29, 1.82) is 0 Å². The number of carbonyl (C=O) groups is 2. The van der Waals surface area contributed by atoms with E-state index >= 15 is 0 Å². The smallest absolute Gasteiger partial charge is 0.308 e. The van der Waals surface area contributed by atoms with Gasteiger partial charge in [-0.2, -0.15) is 0 Å². The Labute approximate surface area is 186 Å². The van der Waals surface area contributed by atoms with Gasteiger partial charge in [-0.15, -0.1) is 0 Å². The van der Waals surface area contributed by atoms with E-state index in [4.69, 9.17) is 14.2 Å². The fourth-order valence-electron chi connectivity index (χ4n) is 5.53. The van der Waals surface area contributed by atoms with Crippen LogP contribution in [-0.4, -0.2) is 49.8 Å². The van der Waals surface area contributed by atoms with E-state index in [1.807, 2.05) is 48.5 Å². The molecule has 0 aromatic heterocycles. The summed E-state index contributed by atoms with van der Waals surface area (Å²) in [5.41, 5.74) is 4.02. The topological polar surface area (TPSA) is 94.1 Å². The Hall–Kier alpha value is -3.00. The lowest BCUT2D eigenvalue weighted by Crippen LogP contribution is -2.53. The molecule has 7 heteroatoms. The monoisotopic (exact) mass is 435 g/mol. The van der Waals surface area contributed by atoms with Crippen LogP contribution in [0, 0.1) is 11.8 Å². The predicted octanol–water partition coefficient (Wildman–Crippen LogP) is 2.61. The second kappa shape index (κ2) is 7.85. The van der Waals surface area contributed by atoms with Gasteiger partial charge in [0.15, 0.2) is 6.29 Å². The number of rotatable bonds is 6. The highest BCUT2D eigenvalue weighted by atomic mass is 16.8. The number of fused-ring (bicyclic) bond motifs is 1. The maximum Gasteiger partial charge on any atom is 0.308 e. The fourth-order valence-corrected chi connectivity index (χ4v) is 5.53. The van der Waals surface area contributed by atoms with E-state index in [1.165, 1.54) is 14.2 Å². The van der Waals surface area contributed by atoms with Crippen LogP contribution in [0.15, 0.2) is 60.7 Å². The second-order valence-corrected chi connectivity index (χ2v) is 8.42. The molecule has 3 aliphatic carbocycles. The van der Waals surface area contributed by atoms with Crippen LogP contribution in [0.1, 0.15) is 34.1 Å².